The molecular formula is C23H25FN4O. The van der Waals surface area contributed by atoms with Crippen molar-refractivity contribution in [3.05, 3.63) is 89.8 Å². The molecule has 4 rings (SSSR count). The molecule has 1 saturated carbocycles. The number of hydrogen-bond donors (Lipinski definition) is 1. The zero-order chi connectivity index (χ0) is 20.1. The Morgan fingerprint density at radius 3 is 2.66 bits per heavy atom. The predicted molar refractivity (Wildman–Crippen MR) is 110 cm³/mol. The molecule has 1 N–H and O–H groups in total. The molecule has 5 nitrogen and oxygen atoms in total. The van der Waals surface area contributed by atoms with Crippen LogP contribution in [0.5, 0.6) is 0 Å². The van der Waals surface area contributed by atoms with Gasteiger partial charge in [-0.2, -0.15) is 0 Å². The average Bonchev–Trinajstić information content (AvgIpc) is 3.48. The van der Waals surface area contributed by atoms with Gasteiger partial charge in [-0.15, -0.1) is 0 Å². The molecule has 0 radical (unpaired) electrons. The van der Waals surface area contributed by atoms with E-state index in [1.807, 2.05) is 24.4 Å². The maximum Gasteiger partial charge on any atom is 0.317 e. The van der Waals surface area contributed by atoms with Crippen molar-refractivity contribution in [1.82, 2.24) is 19.8 Å². The van der Waals surface area contributed by atoms with Crippen molar-refractivity contribution in [2.24, 2.45) is 0 Å². The fraction of sp³-hybridized carbons (Fsp3) is 0.304. The van der Waals surface area contributed by atoms with E-state index in [9.17, 15) is 9.18 Å². The van der Waals surface area contributed by atoms with Crippen LogP contribution in [0.15, 0.2) is 67.0 Å². The van der Waals surface area contributed by atoms with Gasteiger partial charge in [-0.05, 0) is 24.5 Å². The molecule has 1 aromatic heterocycles. The van der Waals surface area contributed by atoms with Crippen LogP contribution in [0.4, 0.5) is 9.18 Å². The van der Waals surface area contributed by atoms with Crippen LogP contribution in [-0.2, 0) is 19.5 Å². The lowest BCUT2D eigenvalue weighted by molar-refractivity contribution is 0.191. The predicted octanol–water partition coefficient (Wildman–Crippen LogP) is 3.99. The molecule has 0 unspecified atom stereocenters. The van der Waals surface area contributed by atoms with Crippen LogP contribution in [0.25, 0.3) is 0 Å². The second kappa shape index (κ2) is 8.90. The number of nitrogens with one attached hydrogen (secondary N) is 1. The Morgan fingerprint density at radius 2 is 1.90 bits per heavy atom. The topological polar surface area (TPSA) is 50.2 Å². The van der Waals surface area contributed by atoms with E-state index in [1.54, 1.807) is 29.3 Å². The summed E-state index contributed by atoms with van der Waals surface area (Å²) in [5.41, 5.74) is 1.76. The van der Waals surface area contributed by atoms with Gasteiger partial charge >= 0.3 is 6.03 Å². The standard InChI is InChI=1S/C23H25FN4O/c24-21-9-5-4-8-19(21)17-28(20-10-11-20)23(29)26-13-12-22-25-14-15-27(22)16-18-6-2-1-3-7-18/h1-9,14-15,20H,10-13,16-17H2,(H,26,29). The second-order valence-electron chi connectivity index (χ2n) is 7.39. The summed E-state index contributed by atoms with van der Waals surface area (Å²) < 4.78 is 16.1. The van der Waals surface area contributed by atoms with Crippen molar-refractivity contribution in [3.63, 3.8) is 0 Å². The van der Waals surface area contributed by atoms with Crippen LogP contribution in [0, 0.1) is 5.82 Å². The van der Waals surface area contributed by atoms with E-state index in [4.69, 9.17) is 0 Å². The SMILES string of the molecule is O=C(NCCc1nccn1Cc1ccccc1)N(Cc1ccccc1F)C1CC1. The minimum atomic E-state index is -0.270. The first-order valence-corrected chi connectivity index (χ1v) is 10.0. The van der Waals surface area contributed by atoms with Crippen LogP contribution in [0.1, 0.15) is 29.8 Å². The Bertz CT molecular complexity index is 952. The second-order valence-corrected chi connectivity index (χ2v) is 7.39. The average molecular weight is 392 g/mol. The summed E-state index contributed by atoms with van der Waals surface area (Å²) in [6.45, 7) is 1.54. The third-order valence-electron chi connectivity index (χ3n) is 5.17. The van der Waals surface area contributed by atoms with Gasteiger partial charge in [0.1, 0.15) is 11.6 Å². The third-order valence-corrected chi connectivity index (χ3v) is 5.17. The zero-order valence-corrected chi connectivity index (χ0v) is 16.3. The first-order chi connectivity index (χ1) is 14.2. The highest BCUT2D eigenvalue weighted by molar-refractivity contribution is 5.75. The molecule has 1 heterocycles. The number of aromatic nitrogens is 2. The molecule has 1 aliphatic rings. The number of carbonyl (C=O) groups is 1. The van der Waals surface area contributed by atoms with Gasteiger partial charge in [-0.25, -0.2) is 14.2 Å². The smallest absolute Gasteiger partial charge is 0.317 e. The van der Waals surface area contributed by atoms with Crippen molar-refractivity contribution in [2.75, 3.05) is 6.54 Å². The molecule has 0 aliphatic heterocycles. The van der Waals surface area contributed by atoms with E-state index < -0.39 is 0 Å². The van der Waals surface area contributed by atoms with Crippen LogP contribution < -0.4 is 5.32 Å². The van der Waals surface area contributed by atoms with E-state index in [-0.39, 0.29) is 17.9 Å². The Balaban J connectivity index is 1.32. The molecule has 29 heavy (non-hydrogen) atoms. The first-order valence-electron chi connectivity index (χ1n) is 10.0. The Kier molecular flexibility index (Phi) is 5.89. The first kappa shape index (κ1) is 19.2. The zero-order valence-electron chi connectivity index (χ0n) is 16.3. The van der Waals surface area contributed by atoms with E-state index in [2.05, 4.69) is 27.0 Å². The van der Waals surface area contributed by atoms with Gasteiger partial charge in [0.25, 0.3) is 0 Å². The third kappa shape index (κ3) is 5.02. The van der Waals surface area contributed by atoms with Crippen molar-refractivity contribution >= 4 is 6.03 Å². The van der Waals surface area contributed by atoms with E-state index >= 15 is 0 Å². The lowest BCUT2D eigenvalue weighted by Gasteiger charge is -2.23. The molecule has 6 heteroatoms. The molecule has 0 saturated heterocycles. The number of rotatable bonds is 8. The molecule has 0 atom stereocenters. The highest BCUT2D eigenvalue weighted by Crippen LogP contribution is 2.28. The number of nitrogens with zero attached hydrogens (tertiary/aromatic N) is 3. The number of imidazole rings is 1. The number of amides is 2. The molecule has 150 valence electrons. The summed E-state index contributed by atoms with van der Waals surface area (Å²) in [4.78, 5) is 18.9. The molecule has 3 aromatic rings. The number of hydrogen-bond acceptors (Lipinski definition) is 2. The monoisotopic (exact) mass is 392 g/mol. The summed E-state index contributed by atoms with van der Waals surface area (Å²) in [5.74, 6) is 0.662. The highest BCUT2D eigenvalue weighted by Gasteiger charge is 2.32. The Labute approximate surface area is 170 Å². The number of urea groups is 1. The molecule has 1 aliphatic carbocycles. The van der Waals surface area contributed by atoms with Gasteiger partial charge in [0.15, 0.2) is 0 Å². The van der Waals surface area contributed by atoms with Crippen molar-refractivity contribution < 1.29 is 9.18 Å². The maximum atomic E-state index is 14.0. The van der Waals surface area contributed by atoms with E-state index in [0.717, 1.165) is 25.2 Å². The summed E-state index contributed by atoms with van der Waals surface area (Å²) in [6.07, 6.45) is 6.34. The van der Waals surface area contributed by atoms with Gasteiger partial charge in [0.05, 0.1) is 6.54 Å². The molecule has 0 spiro atoms. The minimum absolute atomic E-state index is 0.142. The fourth-order valence-electron chi connectivity index (χ4n) is 3.44. The number of halogens is 1. The van der Waals surface area contributed by atoms with Crippen LogP contribution in [-0.4, -0.2) is 33.1 Å². The lowest BCUT2D eigenvalue weighted by atomic mass is 10.2. The molecule has 1 fully saturated rings. The fourth-order valence-corrected chi connectivity index (χ4v) is 3.44. The van der Waals surface area contributed by atoms with Gasteiger partial charge in [0, 0.05) is 43.5 Å². The largest absolute Gasteiger partial charge is 0.338 e. The quantitative estimate of drug-likeness (QED) is 0.630. The Morgan fingerprint density at radius 1 is 1.14 bits per heavy atom. The summed E-state index contributed by atoms with van der Waals surface area (Å²) in [7, 11) is 0. The van der Waals surface area contributed by atoms with Gasteiger partial charge in [0.2, 0.25) is 0 Å². The molecular weight excluding hydrogens is 367 g/mol. The molecule has 2 amide bonds. The van der Waals surface area contributed by atoms with Gasteiger partial charge in [-0.3, -0.25) is 0 Å². The maximum absolute atomic E-state index is 14.0. The highest BCUT2D eigenvalue weighted by atomic mass is 19.1. The number of carbonyl (C=O) groups excluding carboxylic acids is 1. The van der Waals surface area contributed by atoms with Crippen LogP contribution in [0.2, 0.25) is 0 Å². The van der Waals surface area contributed by atoms with E-state index in [1.165, 1.54) is 11.6 Å². The van der Waals surface area contributed by atoms with Gasteiger partial charge in [-0.1, -0.05) is 48.5 Å². The summed E-state index contributed by atoms with van der Waals surface area (Å²) in [5, 5.41) is 2.98. The van der Waals surface area contributed by atoms with E-state index in [0.29, 0.717) is 25.1 Å². The van der Waals surface area contributed by atoms with Crippen molar-refractivity contribution in [3.8, 4) is 0 Å². The van der Waals surface area contributed by atoms with Crippen molar-refractivity contribution in [1.29, 1.82) is 0 Å². The van der Waals surface area contributed by atoms with Crippen LogP contribution >= 0.6 is 0 Å². The summed E-state index contributed by atoms with van der Waals surface area (Å²) >= 11 is 0. The molecule has 2 aromatic carbocycles. The van der Waals surface area contributed by atoms with Gasteiger partial charge < -0.3 is 14.8 Å². The lowest BCUT2D eigenvalue weighted by Crippen LogP contribution is -2.42. The summed E-state index contributed by atoms with van der Waals surface area (Å²) in [6, 6.07) is 16.9. The Hall–Kier alpha value is -3.15. The number of benzene rings is 2. The van der Waals surface area contributed by atoms with Crippen molar-refractivity contribution in [2.45, 2.75) is 38.4 Å². The normalized spacial score (nSPS) is 13.3. The minimum Gasteiger partial charge on any atom is -0.338 e. The van der Waals surface area contributed by atoms with Crippen LogP contribution in [0.3, 0.4) is 0 Å². The molecule has 0 bridgehead atoms.